The molecule has 0 fully saturated rings. The van der Waals surface area contributed by atoms with E-state index in [1.807, 2.05) is 0 Å². The van der Waals surface area contributed by atoms with E-state index in [-0.39, 0.29) is 25.2 Å². The van der Waals surface area contributed by atoms with Gasteiger partial charge >= 0.3 is 0 Å². The summed E-state index contributed by atoms with van der Waals surface area (Å²) in [6.07, 6.45) is 0.448. The van der Waals surface area contributed by atoms with Crippen molar-refractivity contribution in [3.8, 4) is 0 Å². The number of Topliss-reactive ketones (excluding diaryl/α,β-unsaturated/α-hetero) is 3. The van der Waals surface area contributed by atoms with Crippen molar-refractivity contribution in [2.75, 3.05) is 6.61 Å². The Morgan fingerprint density at radius 3 is 2.36 bits per heavy atom. The minimum Gasteiger partial charge on any atom is -0.356 e. The average molecular weight is 201 g/mol. The molecule has 0 atom stereocenters. The van der Waals surface area contributed by atoms with E-state index in [4.69, 9.17) is 0 Å². The van der Waals surface area contributed by atoms with E-state index in [9.17, 15) is 19.3 Å². The lowest BCUT2D eigenvalue weighted by molar-refractivity contribution is -0.135. The summed E-state index contributed by atoms with van der Waals surface area (Å²) in [5, 5.41) is 2.06. The lowest BCUT2D eigenvalue weighted by atomic mass is 10.1. The quantitative estimate of drug-likeness (QED) is 0.325. The van der Waals surface area contributed by atoms with Gasteiger partial charge in [0.2, 0.25) is 0 Å². The normalized spacial score (nSPS) is 9.21. The van der Waals surface area contributed by atoms with Gasteiger partial charge in [0.25, 0.3) is 0 Å². The predicted octanol–water partition coefficient (Wildman–Crippen LogP) is 0.582. The van der Waals surface area contributed by atoms with Gasteiger partial charge in [0.1, 0.15) is 0 Å². The maximum absolute atomic E-state index is 10.8. The molecular formula is C8H11NO5. The van der Waals surface area contributed by atoms with Crippen LogP contribution in [0.2, 0.25) is 0 Å². The highest BCUT2D eigenvalue weighted by atomic mass is 16.7. The van der Waals surface area contributed by atoms with Gasteiger partial charge < -0.3 is 4.84 Å². The Morgan fingerprint density at radius 1 is 1.21 bits per heavy atom. The highest BCUT2D eigenvalue weighted by Gasteiger charge is 2.09. The van der Waals surface area contributed by atoms with E-state index in [0.29, 0.717) is 6.42 Å². The van der Waals surface area contributed by atoms with Crippen LogP contribution in [-0.4, -0.2) is 24.0 Å². The zero-order valence-electron chi connectivity index (χ0n) is 7.82. The third-order valence-corrected chi connectivity index (χ3v) is 1.53. The molecule has 0 aromatic carbocycles. The van der Waals surface area contributed by atoms with Gasteiger partial charge in [-0.25, -0.2) is 0 Å². The molecule has 0 rings (SSSR count). The Hall–Kier alpha value is -1.59. The molecule has 6 nitrogen and oxygen atoms in total. The molecule has 0 amide bonds. The van der Waals surface area contributed by atoms with Gasteiger partial charge in [-0.05, 0) is 6.42 Å². The lowest BCUT2D eigenvalue weighted by Gasteiger charge is -1.96. The minimum absolute atomic E-state index is 0.0512. The first-order valence-electron chi connectivity index (χ1n) is 4.08. The van der Waals surface area contributed by atoms with E-state index in [0.717, 1.165) is 0 Å². The molecule has 0 spiro atoms. The van der Waals surface area contributed by atoms with E-state index in [2.05, 4.69) is 10.2 Å². The van der Waals surface area contributed by atoms with Crippen molar-refractivity contribution in [3.63, 3.8) is 0 Å². The summed E-state index contributed by atoms with van der Waals surface area (Å²) < 4.78 is 0. The monoisotopic (exact) mass is 201 g/mol. The molecular weight excluding hydrogens is 190 g/mol. The summed E-state index contributed by atoms with van der Waals surface area (Å²) in [6.45, 7) is 0.807. The molecule has 0 unspecified atom stereocenters. The van der Waals surface area contributed by atoms with Gasteiger partial charge in [-0.1, -0.05) is 0 Å². The Balaban J connectivity index is 3.53. The second-order valence-electron chi connectivity index (χ2n) is 2.72. The van der Waals surface area contributed by atoms with Crippen molar-refractivity contribution < 1.29 is 19.2 Å². The van der Waals surface area contributed by atoms with Crippen LogP contribution in [0.3, 0.4) is 0 Å². The molecule has 6 heteroatoms. The lowest BCUT2D eigenvalue weighted by Crippen LogP contribution is -2.11. The molecule has 0 aliphatic rings. The van der Waals surface area contributed by atoms with E-state index in [1.54, 1.807) is 0 Å². The van der Waals surface area contributed by atoms with Crippen LogP contribution in [0.15, 0.2) is 5.34 Å². The minimum atomic E-state index is -0.511. The van der Waals surface area contributed by atoms with Crippen LogP contribution in [-0.2, 0) is 19.2 Å². The molecule has 0 bridgehead atoms. The molecule has 0 aromatic rings. The molecule has 0 saturated heterocycles. The fourth-order valence-electron chi connectivity index (χ4n) is 0.793. The van der Waals surface area contributed by atoms with E-state index >= 15 is 0 Å². The molecule has 78 valence electrons. The first-order chi connectivity index (χ1) is 6.57. The van der Waals surface area contributed by atoms with Crippen molar-refractivity contribution in [2.45, 2.75) is 26.2 Å². The standard InChI is InChI=1S/C8H11NO5/c1-6(10)8(12)4-2-3-7(11)5-14-9-13/h2-5H2,1H3. The molecule has 0 aliphatic carbocycles. The second-order valence-corrected chi connectivity index (χ2v) is 2.72. The summed E-state index contributed by atoms with van der Waals surface area (Å²) in [5.41, 5.74) is 0. The fraction of sp³-hybridized carbons (Fsp3) is 0.625. The van der Waals surface area contributed by atoms with Gasteiger partial charge in [0.15, 0.2) is 29.3 Å². The Kier molecular flexibility index (Phi) is 6.09. The molecule has 0 aromatic heterocycles. The van der Waals surface area contributed by atoms with Crippen molar-refractivity contribution in [1.29, 1.82) is 0 Å². The maximum atomic E-state index is 10.8. The third-order valence-electron chi connectivity index (χ3n) is 1.53. The molecule has 0 heterocycles. The number of carbonyl (C=O) groups is 3. The zero-order valence-corrected chi connectivity index (χ0v) is 7.82. The molecule has 0 saturated carbocycles. The first kappa shape index (κ1) is 12.4. The highest BCUT2D eigenvalue weighted by Crippen LogP contribution is 1.99. The topological polar surface area (TPSA) is 89.9 Å². The average Bonchev–Trinajstić information content (AvgIpc) is 2.14. The predicted molar refractivity (Wildman–Crippen MR) is 46.3 cm³/mol. The van der Waals surface area contributed by atoms with E-state index in [1.165, 1.54) is 6.92 Å². The molecule has 0 aliphatic heterocycles. The number of nitrogens with zero attached hydrogens (tertiary/aromatic N) is 1. The van der Waals surface area contributed by atoms with Crippen LogP contribution in [0.4, 0.5) is 0 Å². The molecule has 0 N–H and O–H groups in total. The first-order valence-corrected chi connectivity index (χ1v) is 4.08. The number of ketones is 3. The number of carbonyl (C=O) groups excluding carboxylic acids is 3. The summed E-state index contributed by atoms with van der Waals surface area (Å²) in [4.78, 5) is 45.5. The Morgan fingerprint density at radius 2 is 1.86 bits per heavy atom. The number of hydrogen-bond acceptors (Lipinski definition) is 6. The fourth-order valence-corrected chi connectivity index (χ4v) is 0.793. The summed E-state index contributed by atoms with van der Waals surface area (Å²) in [6, 6.07) is 0. The van der Waals surface area contributed by atoms with Crippen LogP contribution in [0.25, 0.3) is 0 Å². The number of hydrogen-bond donors (Lipinski definition) is 0. The number of rotatable bonds is 8. The van der Waals surface area contributed by atoms with Gasteiger partial charge in [-0.2, -0.15) is 0 Å². The second kappa shape index (κ2) is 6.88. The van der Waals surface area contributed by atoms with Crippen LogP contribution < -0.4 is 0 Å². The van der Waals surface area contributed by atoms with Crippen LogP contribution >= 0.6 is 0 Å². The zero-order chi connectivity index (χ0) is 11.0. The Labute approximate surface area is 80.5 Å². The van der Waals surface area contributed by atoms with Crippen LogP contribution in [0, 0.1) is 4.91 Å². The SMILES string of the molecule is CC(=O)C(=O)CCCC(=O)CON=O. The van der Waals surface area contributed by atoms with Crippen molar-refractivity contribution >= 4 is 17.3 Å². The van der Waals surface area contributed by atoms with Crippen LogP contribution in [0.1, 0.15) is 26.2 Å². The van der Waals surface area contributed by atoms with Crippen LogP contribution in [0.5, 0.6) is 0 Å². The Bertz CT molecular complexity index is 248. The van der Waals surface area contributed by atoms with Crippen molar-refractivity contribution in [3.05, 3.63) is 4.91 Å². The third kappa shape index (κ3) is 5.99. The smallest absolute Gasteiger partial charge is 0.198 e. The summed E-state index contributed by atoms with van der Waals surface area (Å²) in [7, 11) is 0. The summed E-state index contributed by atoms with van der Waals surface area (Å²) >= 11 is 0. The summed E-state index contributed by atoms with van der Waals surface area (Å²) in [5.74, 6) is -1.32. The van der Waals surface area contributed by atoms with E-state index < -0.39 is 11.6 Å². The van der Waals surface area contributed by atoms with Gasteiger partial charge in [0.05, 0.1) is 0 Å². The van der Waals surface area contributed by atoms with Gasteiger partial charge in [0, 0.05) is 19.8 Å². The maximum Gasteiger partial charge on any atom is 0.198 e. The highest BCUT2D eigenvalue weighted by molar-refractivity contribution is 6.36. The van der Waals surface area contributed by atoms with Gasteiger partial charge in [-0.15, -0.1) is 4.91 Å². The molecule has 0 radical (unpaired) electrons. The largest absolute Gasteiger partial charge is 0.356 e. The van der Waals surface area contributed by atoms with Gasteiger partial charge in [-0.3, -0.25) is 14.4 Å². The van der Waals surface area contributed by atoms with Crippen molar-refractivity contribution in [2.24, 2.45) is 5.34 Å². The molecule has 14 heavy (non-hydrogen) atoms. The van der Waals surface area contributed by atoms with Crippen molar-refractivity contribution in [1.82, 2.24) is 0 Å².